The summed E-state index contributed by atoms with van der Waals surface area (Å²) in [6, 6.07) is 86.4. The van der Waals surface area contributed by atoms with Crippen molar-refractivity contribution in [2.24, 2.45) is 0 Å². The van der Waals surface area contributed by atoms with Crippen LogP contribution < -0.4 is 4.90 Å². The molecule has 0 spiro atoms. The predicted molar refractivity (Wildman–Crippen MR) is 263 cm³/mol. The van der Waals surface area contributed by atoms with Crippen LogP contribution in [0, 0.1) is 0 Å². The second-order valence-corrected chi connectivity index (χ2v) is 17.0. The van der Waals surface area contributed by atoms with Crippen LogP contribution in [0.2, 0.25) is 0 Å². The molecule has 1 nitrogen and oxygen atoms in total. The molecule has 1 aliphatic carbocycles. The zero-order valence-corrected chi connectivity index (χ0v) is 35.0. The fraction of sp³-hybridized carbons (Fsp3) is 0.0492. The highest BCUT2D eigenvalue weighted by Crippen LogP contribution is 2.52. The molecular formula is C61H45N. The molecule has 0 aromatic heterocycles. The van der Waals surface area contributed by atoms with Gasteiger partial charge in [0.2, 0.25) is 0 Å². The van der Waals surface area contributed by atoms with Crippen molar-refractivity contribution in [3.8, 4) is 66.8 Å². The third kappa shape index (κ3) is 6.69. The normalized spacial score (nSPS) is 12.5. The molecule has 0 bridgehead atoms. The lowest BCUT2D eigenvalue weighted by atomic mass is 9.79. The highest BCUT2D eigenvalue weighted by Gasteiger charge is 2.37. The van der Waals surface area contributed by atoms with E-state index in [-0.39, 0.29) is 5.41 Å². The van der Waals surface area contributed by atoms with Gasteiger partial charge >= 0.3 is 0 Å². The molecule has 0 N–H and O–H groups in total. The third-order valence-electron chi connectivity index (χ3n) is 12.9. The van der Waals surface area contributed by atoms with Crippen molar-refractivity contribution in [3.05, 3.63) is 248 Å². The van der Waals surface area contributed by atoms with Gasteiger partial charge in [0.1, 0.15) is 0 Å². The zero-order valence-electron chi connectivity index (χ0n) is 35.0. The molecule has 1 aliphatic rings. The van der Waals surface area contributed by atoms with Crippen molar-refractivity contribution in [1.82, 2.24) is 0 Å². The van der Waals surface area contributed by atoms with Crippen LogP contribution in [-0.4, -0.2) is 0 Å². The van der Waals surface area contributed by atoms with Crippen LogP contribution >= 0.6 is 0 Å². The van der Waals surface area contributed by atoms with Crippen molar-refractivity contribution >= 4 is 27.8 Å². The third-order valence-corrected chi connectivity index (χ3v) is 12.9. The number of hydrogen-bond donors (Lipinski definition) is 0. The molecule has 0 atom stereocenters. The number of rotatable bonds is 8. The Morgan fingerprint density at radius 1 is 0.274 bits per heavy atom. The smallest absolute Gasteiger partial charge is 0.0462 e. The average molecular weight is 792 g/mol. The molecule has 11 rings (SSSR count). The van der Waals surface area contributed by atoms with E-state index in [0.29, 0.717) is 0 Å². The first-order chi connectivity index (χ1) is 30.5. The van der Waals surface area contributed by atoms with Gasteiger partial charge in [0.25, 0.3) is 0 Å². The summed E-state index contributed by atoms with van der Waals surface area (Å²) in [4.78, 5) is 2.36. The van der Waals surface area contributed by atoms with Crippen LogP contribution in [0.15, 0.2) is 237 Å². The summed E-state index contributed by atoms with van der Waals surface area (Å²) >= 11 is 0. The Labute approximate surface area is 364 Å². The van der Waals surface area contributed by atoms with E-state index in [2.05, 4.69) is 255 Å². The molecule has 294 valence electrons. The van der Waals surface area contributed by atoms with E-state index >= 15 is 0 Å². The maximum Gasteiger partial charge on any atom is 0.0462 e. The standard InChI is InChI=1S/C61H45N/c1-61(2)59-21-9-8-18-57(59)58-20-11-19-56(60(58)61)48-32-38-55(39-33-48)62(53-34-28-45(29-35-53)42-12-4-3-5-13-42)54-36-30-46(31-37-54)44-22-24-47(25-23-44)50-16-10-17-51(40-50)52-27-26-43-14-6-7-15-49(43)41-52/h3-41H,1-2H3. The minimum absolute atomic E-state index is 0.0840. The summed E-state index contributed by atoms with van der Waals surface area (Å²) in [5.41, 5.74) is 20.9. The first-order valence-corrected chi connectivity index (χ1v) is 21.6. The molecule has 10 aromatic rings. The van der Waals surface area contributed by atoms with Gasteiger partial charge in [0.05, 0.1) is 0 Å². The van der Waals surface area contributed by atoms with Gasteiger partial charge < -0.3 is 4.90 Å². The van der Waals surface area contributed by atoms with Crippen LogP contribution in [0.3, 0.4) is 0 Å². The minimum Gasteiger partial charge on any atom is -0.311 e. The van der Waals surface area contributed by atoms with Gasteiger partial charge in [-0.15, -0.1) is 0 Å². The van der Waals surface area contributed by atoms with Gasteiger partial charge in [-0.2, -0.15) is 0 Å². The molecule has 0 radical (unpaired) electrons. The van der Waals surface area contributed by atoms with E-state index in [9.17, 15) is 0 Å². The predicted octanol–water partition coefficient (Wildman–Crippen LogP) is 17.0. The first kappa shape index (κ1) is 37.3. The molecule has 0 heterocycles. The summed E-state index contributed by atoms with van der Waals surface area (Å²) in [5.74, 6) is 0. The van der Waals surface area contributed by atoms with Gasteiger partial charge in [0.15, 0.2) is 0 Å². The van der Waals surface area contributed by atoms with Crippen molar-refractivity contribution in [2.75, 3.05) is 4.90 Å². The summed E-state index contributed by atoms with van der Waals surface area (Å²) in [6.07, 6.45) is 0. The number of fused-ring (bicyclic) bond motifs is 4. The molecule has 0 unspecified atom stereocenters. The average Bonchev–Trinajstić information content (AvgIpc) is 3.58. The molecular weight excluding hydrogens is 747 g/mol. The van der Waals surface area contributed by atoms with Crippen LogP contribution in [0.4, 0.5) is 17.1 Å². The highest BCUT2D eigenvalue weighted by atomic mass is 15.1. The van der Waals surface area contributed by atoms with E-state index in [1.807, 2.05) is 0 Å². The lowest BCUT2D eigenvalue weighted by molar-refractivity contribution is 0.662. The summed E-state index contributed by atoms with van der Waals surface area (Å²) < 4.78 is 0. The molecule has 0 saturated carbocycles. The molecule has 0 saturated heterocycles. The fourth-order valence-corrected chi connectivity index (χ4v) is 9.66. The van der Waals surface area contributed by atoms with Crippen LogP contribution in [0.1, 0.15) is 25.0 Å². The Kier molecular flexibility index (Phi) is 9.24. The Morgan fingerprint density at radius 2 is 0.677 bits per heavy atom. The lowest BCUT2D eigenvalue weighted by Crippen LogP contribution is -2.16. The van der Waals surface area contributed by atoms with Gasteiger partial charge in [-0.25, -0.2) is 0 Å². The summed E-state index contributed by atoms with van der Waals surface area (Å²) in [7, 11) is 0. The van der Waals surface area contributed by atoms with Crippen molar-refractivity contribution in [2.45, 2.75) is 19.3 Å². The number of hydrogen-bond acceptors (Lipinski definition) is 1. The van der Waals surface area contributed by atoms with Crippen molar-refractivity contribution in [3.63, 3.8) is 0 Å². The summed E-state index contributed by atoms with van der Waals surface area (Å²) in [5, 5.41) is 2.52. The molecule has 0 aliphatic heterocycles. The maximum atomic E-state index is 2.36. The molecule has 10 aromatic carbocycles. The van der Waals surface area contributed by atoms with E-state index in [4.69, 9.17) is 0 Å². The number of benzene rings is 10. The Balaban J connectivity index is 0.902. The number of anilines is 3. The van der Waals surface area contributed by atoms with Crippen LogP contribution in [0.25, 0.3) is 77.5 Å². The van der Waals surface area contributed by atoms with Crippen LogP contribution in [0.5, 0.6) is 0 Å². The fourth-order valence-electron chi connectivity index (χ4n) is 9.66. The zero-order chi connectivity index (χ0) is 41.6. The second-order valence-electron chi connectivity index (χ2n) is 17.0. The quantitative estimate of drug-likeness (QED) is 0.148. The van der Waals surface area contributed by atoms with Crippen molar-refractivity contribution in [1.29, 1.82) is 0 Å². The number of nitrogens with zero attached hydrogens (tertiary/aromatic N) is 1. The highest BCUT2D eigenvalue weighted by molar-refractivity contribution is 5.90. The first-order valence-electron chi connectivity index (χ1n) is 21.6. The maximum absolute atomic E-state index is 2.36. The van der Waals surface area contributed by atoms with E-state index in [0.717, 1.165) is 17.1 Å². The van der Waals surface area contributed by atoms with Crippen molar-refractivity contribution < 1.29 is 0 Å². The van der Waals surface area contributed by atoms with Gasteiger partial charge in [0, 0.05) is 22.5 Å². The monoisotopic (exact) mass is 791 g/mol. The topological polar surface area (TPSA) is 3.24 Å². The lowest BCUT2D eigenvalue weighted by Gasteiger charge is -2.27. The Bertz CT molecular complexity index is 3210. The Morgan fingerprint density at radius 3 is 1.32 bits per heavy atom. The van der Waals surface area contributed by atoms with E-state index in [1.165, 1.54) is 88.7 Å². The van der Waals surface area contributed by atoms with E-state index in [1.54, 1.807) is 0 Å². The van der Waals surface area contributed by atoms with Gasteiger partial charge in [-0.3, -0.25) is 0 Å². The SMILES string of the molecule is CC1(C)c2ccccc2-c2cccc(-c3ccc(N(c4ccc(-c5ccccc5)cc4)c4ccc(-c5ccc(-c6cccc(-c7ccc8ccccc8c7)c6)cc5)cc4)cc3)c21. The minimum atomic E-state index is -0.0840. The molecule has 0 fully saturated rings. The largest absolute Gasteiger partial charge is 0.311 e. The molecule has 0 amide bonds. The van der Waals surface area contributed by atoms with Gasteiger partial charge in [-0.1, -0.05) is 202 Å². The Hall–Kier alpha value is -7.74. The summed E-state index contributed by atoms with van der Waals surface area (Å²) in [6.45, 7) is 4.72. The second kappa shape index (κ2) is 15.4. The molecule has 62 heavy (non-hydrogen) atoms. The molecule has 1 heteroatoms. The van der Waals surface area contributed by atoms with Gasteiger partial charge in [-0.05, 0) is 137 Å². The van der Waals surface area contributed by atoms with E-state index < -0.39 is 0 Å². The van der Waals surface area contributed by atoms with Crippen LogP contribution in [-0.2, 0) is 5.41 Å².